The molecule has 4 aromatic rings. The van der Waals surface area contributed by atoms with Crippen molar-refractivity contribution in [2.24, 2.45) is 13.0 Å². The third-order valence-corrected chi connectivity index (χ3v) is 10.6. The molecule has 0 amide bonds. The van der Waals surface area contributed by atoms with Crippen molar-refractivity contribution in [3.63, 3.8) is 0 Å². The Bertz CT molecular complexity index is 2020. The minimum atomic E-state index is -5.13. The minimum absolute atomic E-state index is 0.0385. The average Bonchev–Trinajstić information content (AvgIpc) is 3.75. The fourth-order valence-electron chi connectivity index (χ4n) is 5.72. The van der Waals surface area contributed by atoms with Crippen molar-refractivity contribution >= 4 is 54.4 Å². The molecule has 2 unspecified atom stereocenters. The van der Waals surface area contributed by atoms with Crippen molar-refractivity contribution in [3.8, 4) is 0 Å². The number of halogens is 2. The summed E-state index contributed by atoms with van der Waals surface area (Å²) in [5.41, 5.74) is 5.21. The van der Waals surface area contributed by atoms with E-state index < -0.39 is 100 Å². The summed E-state index contributed by atoms with van der Waals surface area (Å²) < 4.78 is 80.7. The van der Waals surface area contributed by atoms with Gasteiger partial charge in [0.25, 0.3) is 5.56 Å². The van der Waals surface area contributed by atoms with Crippen LogP contribution in [0.5, 0.6) is 0 Å². The standard InChI is InChI=1S/C23H26F2N8O11P2S/c1-31-7-30-19-13(21(31)35)10(24)2-32(19)23-17-16(34)12(43-23)5-41-46(38,47)40-3-9-11(4-39-45(36,37)44-17)42-22(14(9)25)33-8-29-15-18(26)27-6-28-20(15)33/h2,6-9,11-12,14,16-17,22-23,34H,3-5H2,1H3,(H,36,37)(H,38,47)(H2,26,27,28)/t9-,11-,12-,14-,16-,17-,22-,23-,46?/m1/s1. The van der Waals surface area contributed by atoms with E-state index in [-0.39, 0.29) is 22.6 Å². The first-order chi connectivity index (χ1) is 22.2. The summed E-state index contributed by atoms with van der Waals surface area (Å²) >= 11 is 5.10. The van der Waals surface area contributed by atoms with Crippen LogP contribution < -0.4 is 11.3 Å². The van der Waals surface area contributed by atoms with Gasteiger partial charge in [-0.3, -0.25) is 18.4 Å². The third-order valence-electron chi connectivity index (χ3n) is 8.06. The maximum Gasteiger partial charge on any atom is 0.472 e. The van der Waals surface area contributed by atoms with Gasteiger partial charge in [-0.2, -0.15) is 0 Å². The van der Waals surface area contributed by atoms with E-state index in [1.54, 1.807) is 0 Å². The Hall–Kier alpha value is -2.85. The molecule has 7 rings (SSSR count). The van der Waals surface area contributed by atoms with Gasteiger partial charge < -0.3 is 48.3 Å². The molecule has 10 atom stereocenters. The van der Waals surface area contributed by atoms with Crippen molar-refractivity contribution in [2.75, 3.05) is 25.6 Å². The molecule has 3 aliphatic rings. The molecule has 47 heavy (non-hydrogen) atoms. The van der Waals surface area contributed by atoms with E-state index in [9.17, 15) is 28.6 Å². The number of hydrogen-bond donors (Lipinski definition) is 4. The number of phosphoric acid groups is 1. The van der Waals surface area contributed by atoms with Gasteiger partial charge in [0.15, 0.2) is 41.6 Å². The maximum atomic E-state index is 16.0. The Balaban J connectivity index is 1.21. The molecule has 2 bridgehead atoms. The first-order valence-electron chi connectivity index (χ1n) is 13.8. The SMILES string of the molecule is Cn1cnc2c(c(F)cn2[C@@H]2O[C@@H]3COP(O)(=S)OC[C@H]4[C@@H](F)[C@H](n5cnc6c(N)ncnc65)O[C@@H]4COP(=O)(O)O[C@@H]2[C@@H]3O)c1=O. The molecule has 7 heterocycles. The van der Waals surface area contributed by atoms with E-state index in [1.807, 2.05) is 0 Å². The van der Waals surface area contributed by atoms with Crippen LogP contribution in [-0.4, -0.2) is 98.9 Å². The first kappa shape index (κ1) is 32.7. The van der Waals surface area contributed by atoms with Gasteiger partial charge in [-0.05, 0) is 11.8 Å². The quantitative estimate of drug-likeness (QED) is 0.202. The van der Waals surface area contributed by atoms with Crippen LogP contribution in [0.4, 0.5) is 14.6 Å². The van der Waals surface area contributed by atoms with Gasteiger partial charge in [-0.1, -0.05) is 0 Å². The zero-order chi connectivity index (χ0) is 33.4. The van der Waals surface area contributed by atoms with E-state index in [4.69, 9.17) is 45.1 Å². The lowest BCUT2D eigenvalue weighted by atomic mass is 10.0. The highest BCUT2D eigenvalue weighted by molar-refractivity contribution is 8.07. The van der Waals surface area contributed by atoms with Crippen LogP contribution in [0.1, 0.15) is 12.5 Å². The lowest BCUT2D eigenvalue weighted by Crippen LogP contribution is -2.36. The number of aliphatic hydroxyl groups excluding tert-OH is 1. The monoisotopic (exact) mass is 722 g/mol. The van der Waals surface area contributed by atoms with E-state index in [0.717, 1.165) is 28.0 Å². The summed E-state index contributed by atoms with van der Waals surface area (Å²) in [6.07, 6.45) is -6.73. The van der Waals surface area contributed by atoms with Gasteiger partial charge in [0.2, 0.25) is 0 Å². The van der Waals surface area contributed by atoms with E-state index in [1.165, 1.54) is 17.9 Å². The van der Waals surface area contributed by atoms with E-state index in [2.05, 4.69) is 19.9 Å². The van der Waals surface area contributed by atoms with Crippen LogP contribution in [0.2, 0.25) is 0 Å². The number of anilines is 1. The van der Waals surface area contributed by atoms with Crippen LogP contribution in [0.15, 0.2) is 30.0 Å². The molecule has 24 heteroatoms. The Kier molecular flexibility index (Phi) is 8.30. The summed E-state index contributed by atoms with van der Waals surface area (Å²) in [7, 11) is -3.77. The maximum absolute atomic E-state index is 16.0. The van der Waals surface area contributed by atoms with Crippen molar-refractivity contribution in [2.45, 2.75) is 43.0 Å². The number of nitrogens with zero attached hydrogens (tertiary/aromatic N) is 7. The molecule has 5 N–H and O–H groups in total. The molecule has 19 nitrogen and oxygen atoms in total. The number of rotatable bonds is 2. The Morgan fingerprint density at radius 3 is 2.51 bits per heavy atom. The first-order valence-corrected chi connectivity index (χ1v) is 17.9. The molecule has 0 aromatic carbocycles. The second kappa shape index (κ2) is 11.9. The number of aromatic nitrogens is 7. The number of ether oxygens (including phenoxy) is 2. The van der Waals surface area contributed by atoms with Gasteiger partial charge in [0, 0.05) is 19.2 Å². The van der Waals surface area contributed by atoms with E-state index >= 15 is 4.39 Å². The van der Waals surface area contributed by atoms with Crippen LogP contribution in [0.25, 0.3) is 22.2 Å². The van der Waals surface area contributed by atoms with Crippen molar-refractivity contribution < 1.29 is 55.8 Å². The molecule has 3 fully saturated rings. The fraction of sp³-hybridized carbons (Fsp3) is 0.522. The molecule has 0 spiro atoms. The van der Waals surface area contributed by atoms with Gasteiger partial charge in [0.05, 0.1) is 38.6 Å². The lowest BCUT2D eigenvalue weighted by Gasteiger charge is -2.26. The summed E-state index contributed by atoms with van der Waals surface area (Å²) in [6.45, 7) is -6.12. The number of hydrogen-bond acceptors (Lipinski definition) is 15. The molecule has 3 aliphatic heterocycles. The Labute approximate surface area is 266 Å². The van der Waals surface area contributed by atoms with Crippen molar-refractivity contribution in [3.05, 3.63) is 41.3 Å². The van der Waals surface area contributed by atoms with Crippen LogP contribution in [0.3, 0.4) is 0 Å². The highest BCUT2D eigenvalue weighted by Gasteiger charge is 2.52. The number of nitrogen functional groups attached to an aromatic ring is 1. The number of alkyl halides is 1. The molecule has 254 valence electrons. The minimum Gasteiger partial charge on any atom is -0.387 e. The van der Waals surface area contributed by atoms with Crippen LogP contribution in [-0.2, 0) is 51.0 Å². The third kappa shape index (κ3) is 5.81. The molecular weight excluding hydrogens is 696 g/mol. The lowest BCUT2D eigenvalue weighted by molar-refractivity contribution is -0.0544. The van der Waals surface area contributed by atoms with Crippen LogP contribution in [0, 0.1) is 11.7 Å². The van der Waals surface area contributed by atoms with Gasteiger partial charge in [-0.25, -0.2) is 33.3 Å². The number of imidazole rings is 1. The summed E-state index contributed by atoms with van der Waals surface area (Å²) in [5.74, 6) is -2.19. The molecule has 3 saturated heterocycles. The summed E-state index contributed by atoms with van der Waals surface area (Å²) in [5, 5.41) is 10.7. The predicted molar refractivity (Wildman–Crippen MR) is 156 cm³/mol. The number of aliphatic hydroxyl groups is 1. The largest absolute Gasteiger partial charge is 0.472 e. The molecule has 0 radical (unpaired) electrons. The topological polar surface area (TPSA) is 243 Å². The Morgan fingerprint density at radius 1 is 1.00 bits per heavy atom. The van der Waals surface area contributed by atoms with Crippen molar-refractivity contribution in [1.82, 2.24) is 33.6 Å². The molecule has 0 aliphatic carbocycles. The van der Waals surface area contributed by atoms with Crippen LogP contribution >= 0.6 is 14.5 Å². The normalized spacial score (nSPS) is 36.9. The molecule has 4 aromatic heterocycles. The molecule has 0 saturated carbocycles. The van der Waals surface area contributed by atoms with Gasteiger partial charge in [-0.15, -0.1) is 0 Å². The van der Waals surface area contributed by atoms with E-state index in [0.29, 0.717) is 0 Å². The van der Waals surface area contributed by atoms with Crippen molar-refractivity contribution in [1.29, 1.82) is 0 Å². The zero-order valence-electron chi connectivity index (χ0n) is 23.9. The molecular formula is C23H26F2N8O11P2S. The van der Waals surface area contributed by atoms with Gasteiger partial charge >= 0.3 is 14.5 Å². The number of nitrogens with two attached hydrogens (primary N) is 1. The second-order valence-electron chi connectivity index (χ2n) is 11.0. The Morgan fingerprint density at radius 2 is 1.72 bits per heavy atom. The second-order valence-corrected chi connectivity index (χ2v) is 15.2. The summed E-state index contributed by atoms with van der Waals surface area (Å²) in [6, 6.07) is 0. The van der Waals surface area contributed by atoms with Gasteiger partial charge in [0.1, 0.15) is 35.5 Å². The highest BCUT2D eigenvalue weighted by atomic mass is 32.5. The summed E-state index contributed by atoms with van der Waals surface area (Å²) in [4.78, 5) is 50.2. The number of aryl methyl sites for hydroxylation is 1. The smallest absolute Gasteiger partial charge is 0.387 e. The highest BCUT2D eigenvalue weighted by Crippen LogP contribution is 2.53. The predicted octanol–water partition coefficient (Wildman–Crippen LogP) is 0.172. The average molecular weight is 723 g/mol. The number of phosphoric ester groups is 1. The zero-order valence-corrected chi connectivity index (χ0v) is 26.5. The fourth-order valence-corrected chi connectivity index (χ4v) is 7.78. The number of fused-ring (bicyclic) bond motifs is 5.